The van der Waals surface area contributed by atoms with Crippen LogP contribution < -0.4 is 9.47 Å². The predicted molar refractivity (Wildman–Crippen MR) is 62.6 cm³/mol. The van der Waals surface area contributed by atoms with Crippen LogP contribution in [0.15, 0.2) is 18.2 Å². The summed E-state index contributed by atoms with van der Waals surface area (Å²) in [5.41, 5.74) is -0.997. The molecule has 20 heavy (non-hydrogen) atoms. The molecule has 0 aliphatic carbocycles. The number of pyridine rings is 1. The monoisotopic (exact) mass is 287 g/mol. The molecule has 0 radical (unpaired) electrons. The third-order valence-corrected chi connectivity index (χ3v) is 2.64. The van der Waals surface area contributed by atoms with Crippen LogP contribution in [0.1, 0.15) is 0 Å². The van der Waals surface area contributed by atoms with Gasteiger partial charge >= 0.3 is 0 Å². The molecule has 3 nitrogen and oxygen atoms in total. The summed E-state index contributed by atoms with van der Waals surface area (Å²) in [7, 11) is 2.66. The van der Waals surface area contributed by atoms with Crippen LogP contribution in [0.5, 0.6) is 11.5 Å². The van der Waals surface area contributed by atoms with Gasteiger partial charge < -0.3 is 9.47 Å². The second-order valence-electron chi connectivity index (χ2n) is 3.80. The number of hydrogen-bond acceptors (Lipinski definition) is 3. The van der Waals surface area contributed by atoms with Crippen molar-refractivity contribution in [3.63, 3.8) is 0 Å². The van der Waals surface area contributed by atoms with Crippen molar-refractivity contribution in [3.05, 3.63) is 41.7 Å². The van der Waals surface area contributed by atoms with Crippen LogP contribution in [0.2, 0.25) is 0 Å². The summed E-state index contributed by atoms with van der Waals surface area (Å²) in [5.74, 6) is -6.17. The van der Waals surface area contributed by atoms with Crippen molar-refractivity contribution in [2.45, 2.75) is 0 Å². The van der Waals surface area contributed by atoms with Gasteiger partial charge in [-0.25, -0.2) is 8.78 Å². The van der Waals surface area contributed by atoms with E-state index < -0.39 is 29.1 Å². The number of rotatable bonds is 3. The highest BCUT2D eigenvalue weighted by atomic mass is 19.2. The Morgan fingerprint density at radius 3 is 1.65 bits per heavy atom. The average Bonchev–Trinajstić information content (AvgIpc) is 2.45. The lowest BCUT2D eigenvalue weighted by Gasteiger charge is -2.10. The van der Waals surface area contributed by atoms with E-state index in [-0.39, 0.29) is 17.1 Å². The van der Waals surface area contributed by atoms with Crippen molar-refractivity contribution in [3.8, 4) is 22.6 Å². The standard InChI is InChI=1S/C13H9F4NO2/c1-19-7-3-6(4-8(5-7)20-2)9-10(14)12(16)18-13(17)11(9)15/h3-5H,1-2H3. The average molecular weight is 287 g/mol. The van der Waals surface area contributed by atoms with E-state index in [2.05, 4.69) is 4.98 Å². The van der Waals surface area contributed by atoms with Gasteiger partial charge in [0, 0.05) is 6.07 Å². The van der Waals surface area contributed by atoms with E-state index in [9.17, 15) is 17.6 Å². The van der Waals surface area contributed by atoms with Crippen molar-refractivity contribution >= 4 is 0 Å². The molecule has 7 heteroatoms. The number of halogens is 4. The smallest absolute Gasteiger partial charge is 0.252 e. The first-order valence-electron chi connectivity index (χ1n) is 5.41. The summed E-state index contributed by atoms with van der Waals surface area (Å²) in [6.07, 6.45) is 0. The molecule has 0 bridgehead atoms. The van der Waals surface area contributed by atoms with Gasteiger partial charge in [-0.05, 0) is 17.7 Å². The first-order chi connectivity index (χ1) is 9.47. The van der Waals surface area contributed by atoms with Crippen LogP contribution in [-0.2, 0) is 0 Å². The largest absolute Gasteiger partial charge is 0.497 e. The van der Waals surface area contributed by atoms with Crippen LogP contribution >= 0.6 is 0 Å². The maximum atomic E-state index is 13.7. The van der Waals surface area contributed by atoms with Gasteiger partial charge in [0.25, 0.3) is 11.9 Å². The Morgan fingerprint density at radius 1 is 0.800 bits per heavy atom. The maximum absolute atomic E-state index is 13.7. The minimum atomic E-state index is -1.72. The normalized spacial score (nSPS) is 10.5. The first-order valence-corrected chi connectivity index (χ1v) is 5.41. The molecule has 0 aliphatic rings. The van der Waals surface area contributed by atoms with Crippen molar-refractivity contribution in [1.82, 2.24) is 4.98 Å². The zero-order valence-electron chi connectivity index (χ0n) is 10.5. The molecule has 0 unspecified atom stereocenters. The molecule has 1 aromatic heterocycles. The quantitative estimate of drug-likeness (QED) is 0.641. The molecule has 0 atom stereocenters. The van der Waals surface area contributed by atoms with E-state index in [1.165, 1.54) is 32.4 Å². The summed E-state index contributed by atoms with van der Waals surface area (Å²) in [6, 6.07) is 3.90. The van der Waals surface area contributed by atoms with E-state index >= 15 is 0 Å². The highest BCUT2D eigenvalue weighted by Gasteiger charge is 2.22. The third-order valence-electron chi connectivity index (χ3n) is 2.64. The van der Waals surface area contributed by atoms with E-state index in [1.807, 2.05) is 0 Å². The highest BCUT2D eigenvalue weighted by molar-refractivity contribution is 5.68. The lowest BCUT2D eigenvalue weighted by molar-refractivity contribution is 0.393. The van der Waals surface area contributed by atoms with Gasteiger partial charge in [-0.3, -0.25) is 0 Å². The minimum absolute atomic E-state index is 0.128. The van der Waals surface area contributed by atoms with E-state index in [0.29, 0.717) is 0 Å². The number of methoxy groups -OCH3 is 2. The zero-order chi connectivity index (χ0) is 14.9. The number of hydrogen-bond donors (Lipinski definition) is 0. The Labute approximate surface area is 111 Å². The summed E-state index contributed by atoms with van der Waals surface area (Å²) in [5, 5.41) is 0. The number of benzene rings is 1. The Bertz CT molecular complexity index is 613. The fourth-order valence-corrected chi connectivity index (χ4v) is 1.69. The van der Waals surface area contributed by atoms with Gasteiger partial charge in [0.2, 0.25) is 0 Å². The molecular formula is C13H9F4NO2. The molecule has 0 saturated carbocycles. The molecule has 0 saturated heterocycles. The van der Waals surface area contributed by atoms with Crippen molar-refractivity contribution < 1.29 is 27.0 Å². The SMILES string of the molecule is COc1cc(OC)cc(-c2c(F)c(F)nc(F)c2F)c1. The molecule has 2 aromatic rings. The fraction of sp³-hybridized carbons (Fsp3) is 0.154. The maximum Gasteiger partial charge on any atom is 0.252 e. The molecule has 0 amide bonds. The van der Waals surface area contributed by atoms with E-state index in [4.69, 9.17) is 9.47 Å². The molecule has 0 fully saturated rings. The summed E-state index contributed by atoms with van der Waals surface area (Å²) in [6.45, 7) is 0. The Morgan fingerprint density at radius 2 is 1.25 bits per heavy atom. The topological polar surface area (TPSA) is 31.4 Å². The Kier molecular flexibility index (Phi) is 3.78. The first kappa shape index (κ1) is 14.1. The summed E-state index contributed by atoms with van der Waals surface area (Å²) < 4.78 is 63.4. The number of ether oxygens (including phenoxy) is 2. The van der Waals surface area contributed by atoms with Crippen LogP contribution in [0.3, 0.4) is 0 Å². The van der Waals surface area contributed by atoms with Crippen LogP contribution in [0, 0.1) is 23.5 Å². The highest BCUT2D eigenvalue weighted by Crippen LogP contribution is 2.33. The summed E-state index contributed by atoms with van der Waals surface area (Å²) >= 11 is 0. The van der Waals surface area contributed by atoms with E-state index in [1.54, 1.807) is 0 Å². The second-order valence-corrected chi connectivity index (χ2v) is 3.80. The molecule has 1 aromatic carbocycles. The number of nitrogens with zero attached hydrogens (tertiary/aromatic N) is 1. The predicted octanol–water partition coefficient (Wildman–Crippen LogP) is 3.32. The summed E-state index contributed by atoms with van der Waals surface area (Å²) in [4.78, 5) is 2.50. The molecular weight excluding hydrogens is 278 g/mol. The lowest BCUT2D eigenvalue weighted by Crippen LogP contribution is -2.03. The third kappa shape index (κ3) is 2.38. The van der Waals surface area contributed by atoms with Crippen molar-refractivity contribution in [2.24, 2.45) is 0 Å². The molecule has 0 aliphatic heterocycles. The molecule has 0 N–H and O–H groups in total. The van der Waals surface area contributed by atoms with Crippen LogP contribution in [0.25, 0.3) is 11.1 Å². The molecule has 1 heterocycles. The second kappa shape index (κ2) is 5.36. The fourth-order valence-electron chi connectivity index (χ4n) is 1.69. The van der Waals surface area contributed by atoms with Crippen LogP contribution in [0.4, 0.5) is 17.6 Å². The minimum Gasteiger partial charge on any atom is -0.497 e. The van der Waals surface area contributed by atoms with Crippen LogP contribution in [-0.4, -0.2) is 19.2 Å². The van der Waals surface area contributed by atoms with Gasteiger partial charge in [-0.15, -0.1) is 0 Å². The Hall–Kier alpha value is -2.31. The van der Waals surface area contributed by atoms with Crippen molar-refractivity contribution in [2.75, 3.05) is 14.2 Å². The van der Waals surface area contributed by atoms with Gasteiger partial charge in [0.15, 0.2) is 11.6 Å². The molecule has 0 spiro atoms. The molecule has 106 valence electrons. The van der Waals surface area contributed by atoms with Gasteiger partial charge in [-0.1, -0.05) is 0 Å². The van der Waals surface area contributed by atoms with Gasteiger partial charge in [0.05, 0.1) is 19.8 Å². The van der Waals surface area contributed by atoms with E-state index in [0.717, 1.165) is 0 Å². The Balaban J connectivity index is 2.74. The zero-order valence-corrected chi connectivity index (χ0v) is 10.5. The van der Waals surface area contributed by atoms with Crippen molar-refractivity contribution in [1.29, 1.82) is 0 Å². The number of aromatic nitrogens is 1. The molecule has 2 rings (SSSR count). The van der Waals surface area contributed by atoms with Gasteiger partial charge in [-0.2, -0.15) is 13.8 Å². The lowest BCUT2D eigenvalue weighted by atomic mass is 10.0. The van der Waals surface area contributed by atoms with Gasteiger partial charge in [0.1, 0.15) is 11.5 Å².